The van der Waals surface area contributed by atoms with E-state index < -0.39 is 11.9 Å². The van der Waals surface area contributed by atoms with Crippen LogP contribution >= 0.6 is 11.6 Å². The number of methoxy groups -OCH3 is 1. The predicted octanol–water partition coefficient (Wildman–Crippen LogP) is 3.49. The number of hydrogen-bond donors (Lipinski definition) is 2. The Morgan fingerprint density at radius 2 is 1.85 bits per heavy atom. The van der Waals surface area contributed by atoms with Gasteiger partial charge in [-0.05, 0) is 41.5 Å². The van der Waals surface area contributed by atoms with Crippen LogP contribution in [0.25, 0.3) is 6.08 Å². The monoisotopic (exact) mass is 375 g/mol. The Kier molecular flexibility index (Phi) is 6.63. The normalized spacial score (nSPS) is 11.0. The van der Waals surface area contributed by atoms with Crippen molar-refractivity contribution in [3.8, 4) is 11.5 Å². The van der Waals surface area contributed by atoms with E-state index in [4.69, 9.17) is 26.2 Å². The summed E-state index contributed by atoms with van der Waals surface area (Å²) in [5.74, 6) is -0.743. The number of ether oxygens (including phenoxy) is 2. The Morgan fingerprint density at radius 1 is 1.15 bits per heavy atom. The molecule has 0 aliphatic rings. The first-order chi connectivity index (χ1) is 12.4. The molecule has 0 fully saturated rings. The first-order valence-electron chi connectivity index (χ1n) is 7.67. The van der Waals surface area contributed by atoms with Crippen molar-refractivity contribution in [2.24, 2.45) is 0 Å². The summed E-state index contributed by atoms with van der Waals surface area (Å²) in [6.07, 6.45) is 1.34. The fraction of sp³-hybridized carbons (Fsp3) is 0.158. The highest BCUT2D eigenvalue weighted by Gasteiger charge is 2.11. The average molecular weight is 376 g/mol. The molecule has 7 heteroatoms. The molecule has 0 heterocycles. The summed E-state index contributed by atoms with van der Waals surface area (Å²) in [6, 6.07) is 12.2. The van der Waals surface area contributed by atoms with Gasteiger partial charge >= 0.3 is 5.97 Å². The van der Waals surface area contributed by atoms with Gasteiger partial charge in [-0.3, -0.25) is 4.79 Å². The van der Waals surface area contributed by atoms with Gasteiger partial charge in [0.05, 0.1) is 7.11 Å². The maximum Gasteiger partial charge on any atom is 0.352 e. The summed E-state index contributed by atoms with van der Waals surface area (Å²) in [6.45, 7) is 1.57. The van der Waals surface area contributed by atoms with Gasteiger partial charge in [-0.2, -0.15) is 0 Å². The Balaban J connectivity index is 2.19. The lowest BCUT2D eigenvalue weighted by Gasteiger charge is -2.12. The van der Waals surface area contributed by atoms with Gasteiger partial charge in [0.25, 0.3) is 0 Å². The molecule has 26 heavy (non-hydrogen) atoms. The summed E-state index contributed by atoms with van der Waals surface area (Å²) >= 11 is 5.85. The Hall–Kier alpha value is -2.99. The number of carbonyl (C=O) groups excluding carboxylic acids is 1. The largest absolute Gasteiger partial charge is 0.493 e. The second kappa shape index (κ2) is 8.92. The second-order valence-electron chi connectivity index (χ2n) is 5.37. The smallest absolute Gasteiger partial charge is 0.352 e. The molecule has 1 amide bonds. The zero-order valence-electron chi connectivity index (χ0n) is 14.3. The van der Waals surface area contributed by atoms with Gasteiger partial charge in [-0.15, -0.1) is 0 Å². The molecule has 6 nitrogen and oxygen atoms in total. The molecule has 2 aromatic carbocycles. The third-order valence-corrected chi connectivity index (χ3v) is 3.60. The van der Waals surface area contributed by atoms with E-state index in [0.29, 0.717) is 28.7 Å². The number of hydrogen-bond acceptors (Lipinski definition) is 4. The molecule has 0 atom stereocenters. The molecular formula is C19H18ClNO5. The first kappa shape index (κ1) is 19.3. The summed E-state index contributed by atoms with van der Waals surface area (Å²) in [5.41, 5.74) is 1.26. The number of benzene rings is 2. The van der Waals surface area contributed by atoms with Crippen LogP contribution in [0.4, 0.5) is 0 Å². The van der Waals surface area contributed by atoms with Crippen LogP contribution in [-0.4, -0.2) is 24.1 Å². The predicted molar refractivity (Wildman–Crippen MR) is 98.2 cm³/mol. The molecular weight excluding hydrogens is 358 g/mol. The molecule has 0 unspecified atom stereocenters. The lowest BCUT2D eigenvalue weighted by atomic mass is 10.1. The minimum atomic E-state index is -1.23. The van der Waals surface area contributed by atoms with Crippen molar-refractivity contribution < 1.29 is 24.2 Å². The Morgan fingerprint density at radius 3 is 2.42 bits per heavy atom. The second-order valence-corrected chi connectivity index (χ2v) is 5.81. The van der Waals surface area contributed by atoms with Crippen LogP contribution in [0.15, 0.2) is 48.2 Å². The number of carboxylic acids is 1. The van der Waals surface area contributed by atoms with E-state index in [-0.39, 0.29) is 5.70 Å². The van der Waals surface area contributed by atoms with Crippen molar-refractivity contribution in [3.63, 3.8) is 0 Å². The quantitative estimate of drug-likeness (QED) is 0.723. The number of amides is 1. The van der Waals surface area contributed by atoms with Crippen molar-refractivity contribution in [3.05, 3.63) is 64.3 Å². The maximum absolute atomic E-state index is 11.2. The van der Waals surface area contributed by atoms with Gasteiger partial charge in [-0.25, -0.2) is 4.79 Å². The highest BCUT2D eigenvalue weighted by Crippen LogP contribution is 2.29. The standard InChI is InChI=1S/C19H18ClNO5/c1-12(22)21-16(19(23)24)9-14-5-8-17(18(10-14)25-2)26-11-13-3-6-15(20)7-4-13/h3-10H,11H2,1-2H3,(H,21,22)(H,23,24). The lowest BCUT2D eigenvalue weighted by Crippen LogP contribution is -2.24. The molecule has 0 aliphatic heterocycles. The summed E-state index contributed by atoms with van der Waals surface area (Å²) in [7, 11) is 1.49. The fourth-order valence-corrected chi connectivity index (χ4v) is 2.27. The molecule has 0 aliphatic carbocycles. The van der Waals surface area contributed by atoms with Crippen molar-refractivity contribution in [2.75, 3.05) is 7.11 Å². The molecule has 2 aromatic rings. The van der Waals surface area contributed by atoms with Gasteiger partial charge in [0, 0.05) is 11.9 Å². The van der Waals surface area contributed by atoms with E-state index in [1.165, 1.54) is 20.1 Å². The van der Waals surface area contributed by atoms with Crippen molar-refractivity contribution >= 4 is 29.6 Å². The zero-order valence-corrected chi connectivity index (χ0v) is 15.0. The van der Waals surface area contributed by atoms with Crippen molar-refractivity contribution in [2.45, 2.75) is 13.5 Å². The number of halogens is 1. The van der Waals surface area contributed by atoms with Gasteiger partial charge in [0.2, 0.25) is 5.91 Å². The topological polar surface area (TPSA) is 84.9 Å². The molecule has 0 bridgehead atoms. The number of rotatable bonds is 7. The van der Waals surface area contributed by atoms with E-state index in [1.807, 2.05) is 12.1 Å². The molecule has 0 saturated carbocycles. The van der Waals surface area contributed by atoms with Crippen LogP contribution in [0.5, 0.6) is 11.5 Å². The van der Waals surface area contributed by atoms with Gasteiger partial charge in [-0.1, -0.05) is 29.8 Å². The van der Waals surface area contributed by atoms with Crippen LogP contribution in [0, 0.1) is 0 Å². The van der Waals surface area contributed by atoms with Crippen LogP contribution < -0.4 is 14.8 Å². The van der Waals surface area contributed by atoms with Crippen molar-refractivity contribution in [1.82, 2.24) is 5.32 Å². The molecule has 0 aromatic heterocycles. The van der Waals surface area contributed by atoms with E-state index in [9.17, 15) is 9.59 Å². The number of carboxylic acid groups (broad SMARTS) is 1. The van der Waals surface area contributed by atoms with Crippen LogP contribution in [0.3, 0.4) is 0 Å². The number of aliphatic carboxylic acids is 1. The van der Waals surface area contributed by atoms with Gasteiger partial charge in [0.1, 0.15) is 12.3 Å². The van der Waals surface area contributed by atoms with E-state index in [1.54, 1.807) is 30.3 Å². The molecule has 2 N–H and O–H groups in total. The van der Waals surface area contributed by atoms with E-state index in [2.05, 4.69) is 5.32 Å². The Bertz CT molecular complexity index is 830. The minimum Gasteiger partial charge on any atom is -0.493 e. The van der Waals surface area contributed by atoms with Crippen LogP contribution in [-0.2, 0) is 16.2 Å². The fourth-order valence-electron chi connectivity index (χ4n) is 2.14. The minimum absolute atomic E-state index is 0.227. The molecule has 0 saturated heterocycles. The van der Waals surface area contributed by atoms with Gasteiger partial charge in [0.15, 0.2) is 11.5 Å². The lowest BCUT2D eigenvalue weighted by molar-refractivity contribution is -0.134. The third-order valence-electron chi connectivity index (χ3n) is 3.35. The highest BCUT2D eigenvalue weighted by atomic mass is 35.5. The number of nitrogens with one attached hydrogen (secondary N) is 1. The summed E-state index contributed by atoms with van der Waals surface area (Å²) in [5, 5.41) is 12.1. The third kappa shape index (κ3) is 5.53. The van der Waals surface area contributed by atoms with Crippen LogP contribution in [0.1, 0.15) is 18.1 Å². The van der Waals surface area contributed by atoms with Crippen molar-refractivity contribution in [1.29, 1.82) is 0 Å². The number of carbonyl (C=O) groups is 2. The molecule has 0 radical (unpaired) electrons. The molecule has 0 spiro atoms. The van der Waals surface area contributed by atoms with Crippen LogP contribution in [0.2, 0.25) is 5.02 Å². The SMILES string of the molecule is COc1cc(C=C(NC(C)=O)C(=O)O)ccc1OCc1ccc(Cl)cc1. The summed E-state index contributed by atoms with van der Waals surface area (Å²) in [4.78, 5) is 22.3. The van der Waals surface area contributed by atoms with Gasteiger partial charge < -0.3 is 19.9 Å². The first-order valence-corrected chi connectivity index (χ1v) is 8.04. The zero-order chi connectivity index (χ0) is 19.1. The molecule has 136 valence electrons. The average Bonchev–Trinajstić information content (AvgIpc) is 2.60. The summed E-state index contributed by atoms with van der Waals surface area (Å²) < 4.78 is 11.1. The van der Waals surface area contributed by atoms with E-state index in [0.717, 1.165) is 5.56 Å². The van der Waals surface area contributed by atoms with E-state index >= 15 is 0 Å². The Labute approximate surface area is 156 Å². The molecule has 2 rings (SSSR count). The maximum atomic E-state index is 11.2. The highest BCUT2D eigenvalue weighted by molar-refractivity contribution is 6.30.